The minimum atomic E-state index is 0.100. The molecule has 16 heavy (non-hydrogen) atoms. The molecule has 0 saturated heterocycles. The molecule has 1 aromatic carbocycles. The molecule has 0 atom stereocenters. The van der Waals surface area contributed by atoms with Gasteiger partial charge in [-0.1, -0.05) is 12.1 Å². The van der Waals surface area contributed by atoms with Gasteiger partial charge in [0.25, 0.3) is 0 Å². The number of allylic oxidation sites excluding steroid dienone is 1. The highest BCUT2D eigenvalue weighted by Crippen LogP contribution is 2.15. The average Bonchev–Trinajstić information content (AvgIpc) is 2.35. The van der Waals surface area contributed by atoms with Crippen molar-refractivity contribution in [3.63, 3.8) is 0 Å². The van der Waals surface area contributed by atoms with Crippen LogP contribution in [0.15, 0.2) is 42.1 Å². The first kappa shape index (κ1) is 9.89. The maximum absolute atomic E-state index is 8.65. The summed E-state index contributed by atoms with van der Waals surface area (Å²) in [5.41, 5.74) is 1.83. The molecule has 74 valence electrons. The summed E-state index contributed by atoms with van der Waals surface area (Å²) in [5, 5.41) is 18.3. The first-order valence-corrected chi connectivity index (χ1v) is 4.70. The third-order valence-electron chi connectivity index (χ3n) is 2.18. The largest absolute Gasteiger partial charge is 0.256 e. The van der Waals surface area contributed by atoms with Gasteiger partial charge in [-0.3, -0.25) is 4.98 Å². The van der Waals surface area contributed by atoms with E-state index in [0.717, 1.165) is 16.5 Å². The maximum atomic E-state index is 8.65. The molecule has 1 heterocycles. The molecule has 0 unspecified atom stereocenters. The van der Waals surface area contributed by atoms with Crippen LogP contribution >= 0.6 is 0 Å². The van der Waals surface area contributed by atoms with E-state index < -0.39 is 0 Å². The first-order chi connectivity index (χ1) is 7.83. The van der Waals surface area contributed by atoms with Crippen molar-refractivity contribution in [2.45, 2.75) is 0 Å². The second kappa shape index (κ2) is 4.25. The minimum Gasteiger partial charge on any atom is -0.256 e. The number of fused-ring (bicyclic) bond motifs is 1. The number of rotatable bonds is 1. The van der Waals surface area contributed by atoms with Crippen molar-refractivity contribution < 1.29 is 0 Å². The molecule has 0 aliphatic rings. The Morgan fingerprint density at radius 3 is 2.75 bits per heavy atom. The van der Waals surface area contributed by atoms with Gasteiger partial charge in [0.05, 0.1) is 5.52 Å². The van der Waals surface area contributed by atoms with E-state index in [0.29, 0.717) is 0 Å². The van der Waals surface area contributed by atoms with Gasteiger partial charge in [-0.2, -0.15) is 10.5 Å². The third-order valence-corrected chi connectivity index (χ3v) is 2.18. The number of benzene rings is 1. The predicted octanol–water partition coefficient (Wildman–Crippen LogP) is 2.67. The van der Waals surface area contributed by atoms with Gasteiger partial charge in [-0.05, 0) is 29.8 Å². The Morgan fingerprint density at radius 2 is 2.00 bits per heavy atom. The lowest BCUT2D eigenvalue weighted by molar-refractivity contribution is 1.41. The summed E-state index contributed by atoms with van der Waals surface area (Å²) in [6, 6.07) is 13.1. The number of aromatic nitrogens is 1. The molecule has 1 aromatic heterocycles. The molecule has 2 rings (SSSR count). The van der Waals surface area contributed by atoms with Crippen LogP contribution in [0.3, 0.4) is 0 Å². The summed E-state index contributed by atoms with van der Waals surface area (Å²) < 4.78 is 0. The van der Waals surface area contributed by atoms with Crippen molar-refractivity contribution in [2.24, 2.45) is 0 Å². The summed E-state index contributed by atoms with van der Waals surface area (Å²) >= 11 is 0. The molecule has 0 saturated carbocycles. The Bertz CT molecular complexity index is 626. The molecule has 3 heteroatoms. The standard InChI is InChI=1S/C13H7N3/c14-8-11(9-15)6-10-3-4-13-12(7-10)2-1-5-16-13/h1-7H. The first-order valence-electron chi connectivity index (χ1n) is 4.70. The molecule has 0 amide bonds. The highest BCUT2D eigenvalue weighted by atomic mass is 14.6. The van der Waals surface area contributed by atoms with Crippen molar-refractivity contribution in [2.75, 3.05) is 0 Å². The van der Waals surface area contributed by atoms with Gasteiger partial charge in [-0.15, -0.1) is 0 Å². The summed E-state index contributed by atoms with van der Waals surface area (Å²) in [4.78, 5) is 4.19. The van der Waals surface area contributed by atoms with Crippen LogP contribution in [-0.2, 0) is 0 Å². The Kier molecular flexibility index (Phi) is 2.63. The number of hydrogen-bond donors (Lipinski definition) is 0. The van der Waals surface area contributed by atoms with Crippen LogP contribution in [0.5, 0.6) is 0 Å². The van der Waals surface area contributed by atoms with Gasteiger partial charge < -0.3 is 0 Å². The van der Waals surface area contributed by atoms with Crippen LogP contribution in [0.1, 0.15) is 5.56 Å². The average molecular weight is 205 g/mol. The van der Waals surface area contributed by atoms with Crippen LogP contribution < -0.4 is 0 Å². The summed E-state index contributed by atoms with van der Waals surface area (Å²) in [6.07, 6.45) is 3.29. The Labute approximate surface area is 92.9 Å². The number of nitrogens with zero attached hydrogens (tertiary/aromatic N) is 3. The van der Waals surface area contributed by atoms with Gasteiger partial charge in [0.1, 0.15) is 17.7 Å². The molecule has 0 bridgehead atoms. The molecule has 0 N–H and O–H groups in total. The SMILES string of the molecule is N#CC(C#N)=Cc1ccc2ncccc2c1. The van der Waals surface area contributed by atoms with E-state index in [2.05, 4.69) is 4.98 Å². The lowest BCUT2D eigenvalue weighted by atomic mass is 10.1. The molecule has 0 fully saturated rings. The zero-order valence-electron chi connectivity index (χ0n) is 8.38. The van der Waals surface area contributed by atoms with Gasteiger partial charge >= 0.3 is 0 Å². The van der Waals surface area contributed by atoms with E-state index in [4.69, 9.17) is 10.5 Å². The number of pyridine rings is 1. The van der Waals surface area contributed by atoms with E-state index in [1.54, 1.807) is 12.3 Å². The van der Waals surface area contributed by atoms with Crippen molar-refractivity contribution in [3.8, 4) is 12.1 Å². The molecular weight excluding hydrogens is 198 g/mol. The Hall–Kier alpha value is -2.65. The van der Waals surface area contributed by atoms with Crippen LogP contribution in [0.4, 0.5) is 0 Å². The summed E-state index contributed by atoms with van der Waals surface area (Å²) in [5.74, 6) is 0. The fourth-order valence-electron chi connectivity index (χ4n) is 1.44. The Balaban J connectivity index is 2.53. The van der Waals surface area contributed by atoms with Gasteiger partial charge in [0, 0.05) is 11.6 Å². The molecule has 0 radical (unpaired) electrons. The smallest absolute Gasteiger partial charge is 0.130 e. The maximum Gasteiger partial charge on any atom is 0.130 e. The topological polar surface area (TPSA) is 60.5 Å². The number of hydrogen-bond acceptors (Lipinski definition) is 3. The zero-order valence-corrected chi connectivity index (χ0v) is 8.38. The van der Waals surface area contributed by atoms with E-state index in [1.165, 1.54) is 0 Å². The monoisotopic (exact) mass is 205 g/mol. The number of nitriles is 2. The second-order valence-corrected chi connectivity index (χ2v) is 3.24. The molecule has 0 aliphatic carbocycles. The molecule has 0 spiro atoms. The van der Waals surface area contributed by atoms with Crippen LogP contribution in [-0.4, -0.2) is 4.98 Å². The molecule has 3 nitrogen and oxygen atoms in total. The lowest BCUT2D eigenvalue weighted by Gasteiger charge is -1.97. The third kappa shape index (κ3) is 1.89. The molecular formula is C13H7N3. The summed E-state index contributed by atoms with van der Waals surface area (Å²) in [6.45, 7) is 0. The van der Waals surface area contributed by atoms with E-state index in [1.807, 2.05) is 42.5 Å². The van der Waals surface area contributed by atoms with Crippen LogP contribution in [0.2, 0.25) is 0 Å². The van der Waals surface area contributed by atoms with Crippen molar-refractivity contribution >= 4 is 17.0 Å². The van der Waals surface area contributed by atoms with Gasteiger partial charge in [0.2, 0.25) is 0 Å². The highest BCUT2D eigenvalue weighted by molar-refractivity contribution is 5.81. The van der Waals surface area contributed by atoms with Gasteiger partial charge in [0.15, 0.2) is 0 Å². The van der Waals surface area contributed by atoms with E-state index in [-0.39, 0.29) is 5.57 Å². The van der Waals surface area contributed by atoms with Crippen molar-refractivity contribution in [1.82, 2.24) is 4.98 Å². The quantitative estimate of drug-likeness (QED) is 0.672. The van der Waals surface area contributed by atoms with Crippen molar-refractivity contribution in [3.05, 3.63) is 47.7 Å². The normalized spacial score (nSPS) is 9.12. The molecule has 2 aromatic rings. The van der Waals surface area contributed by atoms with Gasteiger partial charge in [-0.25, -0.2) is 0 Å². The molecule has 0 aliphatic heterocycles. The van der Waals surface area contributed by atoms with E-state index in [9.17, 15) is 0 Å². The van der Waals surface area contributed by atoms with Crippen LogP contribution in [0, 0.1) is 22.7 Å². The highest BCUT2D eigenvalue weighted by Gasteiger charge is 1.97. The lowest BCUT2D eigenvalue weighted by Crippen LogP contribution is -1.80. The van der Waals surface area contributed by atoms with Crippen molar-refractivity contribution in [1.29, 1.82) is 10.5 Å². The second-order valence-electron chi connectivity index (χ2n) is 3.24. The zero-order chi connectivity index (χ0) is 11.4. The summed E-state index contributed by atoms with van der Waals surface area (Å²) in [7, 11) is 0. The minimum absolute atomic E-state index is 0.100. The fourth-order valence-corrected chi connectivity index (χ4v) is 1.44. The predicted molar refractivity (Wildman–Crippen MR) is 60.9 cm³/mol. The van der Waals surface area contributed by atoms with Crippen LogP contribution in [0.25, 0.3) is 17.0 Å². The Morgan fingerprint density at radius 1 is 1.19 bits per heavy atom. The van der Waals surface area contributed by atoms with E-state index >= 15 is 0 Å². The fraction of sp³-hybridized carbons (Fsp3) is 0.